The number of carbonyl (C=O) groups excluding carboxylic acids is 2. The van der Waals surface area contributed by atoms with E-state index in [0.29, 0.717) is 24.0 Å². The molecule has 0 heterocycles. The van der Waals surface area contributed by atoms with E-state index < -0.39 is 41.5 Å². The summed E-state index contributed by atoms with van der Waals surface area (Å²) in [6, 6.07) is 6.84. The van der Waals surface area contributed by atoms with Gasteiger partial charge < -0.3 is 19.7 Å². The number of nitrogens with zero attached hydrogens (tertiary/aromatic N) is 1. The molecule has 2 aromatic carbocycles. The lowest BCUT2D eigenvalue weighted by molar-refractivity contribution is -0.136. The molecular weight excluding hydrogens is 425 g/mol. The van der Waals surface area contributed by atoms with Crippen LogP contribution >= 0.6 is 0 Å². The zero-order valence-corrected chi connectivity index (χ0v) is 18.1. The Hall–Kier alpha value is -3.49. The van der Waals surface area contributed by atoms with Gasteiger partial charge in [0, 0.05) is 6.54 Å². The summed E-state index contributed by atoms with van der Waals surface area (Å²) in [4.78, 5) is 26.1. The number of nitrogens with one attached hydrogen (secondary N) is 1. The van der Waals surface area contributed by atoms with E-state index in [9.17, 15) is 22.8 Å². The second-order valence-electron chi connectivity index (χ2n) is 6.79. The Morgan fingerprint density at radius 3 is 2.50 bits per heavy atom. The fourth-order valence-electron chi connectivity index (χ4n) is 2.88. The number of halogens is 3. The molecule has 6 nitrogen and oxygen atoms in total. The maximum Gasteiger partial charge on any atom is 0.260 e. The summed E-state index contributed by atoms with van der Waals surface area (Å²) in [7, 11) is 1.48. The van der Waals surface area contributed by atoms with Crippen molar-refractivity contribution in [3.63, 3.8) is 0 Å². The Morgan fingerprint density at radius 2 is 1.84 bits per heavy atom. The predicted octanol–water partition coefficient (Wildman–Crippen LogP) is 4.40. The van der Waals surface area contributed by atoms with Crippen LogP contribution in [0.25, 0.3) is 6.08 Å². The molecule has 0 aromatic heterocycles. The molecule has 0 aliphatic rings. The molecule has 0 saturated heterocycles. The van der Waals surface area contributed by atoms with Crippen LogP contribution in [0.15, 0.2) is 36.4 Å². The average Bonchev–Trinajstić information content (AvgIpc) is 2.78. The summed E-state index contributed by atoms with van der Waals surface area (Å²) in [6.07, 6.45) is 4.31. The lowest BCUT2D eigenvalue weighted by Gasteiger charge is -2.22. The fraction of sp³-hybridized carbons (Fsp3) is 0.304. The number of benzene rings is 2. The van der Waals surface area contributed by atoms with E-state index in [1.165, 1.54) is 12.0 Å². The van der Waals surface area contributed by atoms with Crippen LogP contribution in [-0.2, 0) is 9.59 Å². The largest absolute Gasteiger partial charge is 0.493 e. The van der Waals surface area contributed by atoms with Crippen molar-refractivity contribution in [1.82, 2.24) is 4.90 Å². The number of hydrogen-bond donors (Lipinski definition) is 1. The van der Waals surface area contributed by atoms with E-state index in [2.05, 4.69) is 5.32 Å². The molecule has 0 unspecified atom stereocenters. The van der Waals surface area contributed by atoms with Crippen molar-refractivity contribution in [3.05, 3.63) is 59.4 Å². The molecule has 172 valence electrons. The summed E-state index contributed by atoms with van der Waals surface area (Å²) in [6.45, 7) is 3.18. The number of allylic oxidation sites excluding steroid dienone is 1. The van der Waals surface area contributed by atoms with E-state index in [1.54, 1.807) is 18.2 Å². The highest BCUT2D eigenvalue weighted by atomic mass is 19.2. The minimum Gasteiger partial charge on any atom is -0.493 e. The van der Waals surface area contributed by atoms with Crippen LogP contribution < -0.4 is 14.8 Å². The smallest absolute Gasteiger partial charge is 0.260 e. The van der Waals surface area contributed by atoms with Crippen LogP contribution in [0, 0.1) is 17.5 Å². The van der Waals surface area contributed by atoms with Gasteiger partial charge in [0.15, 0.2) is 35.6 Å². The first-order valence-corrected chi connectivity index (χ1v) is 9.95. The predicted molar refractivity (Wildman–Crippen MR) is 115 cm³/mol. The topological polar surface area (TPSA) is 67.9 Å². The molecule has 2 amide bonds. The monoisotopic (exact) mass is 450 g/mol. The molecule has 0 atom stereocenters. The molecule has 1 N–H and O–H groups in total. The number of carbonyl (C=O) groups is 2. The van der Waals surface area contributed by atoms with Gasteiger partial charge in [-0.1, -0.05) is 25.1 Å². The quantitative estimate of drug-likeness (QED) is 0.545. The number of methoxy groups -OCH3 is 1. The second kappa shape index (κ2) is 11.8. The zero-order valence-electron chi connectivity index (χ0n) is 18.1. The Labute approximate surface area is 184 Å². The maximum absolute atomic E-state index is 13.8. The van der Waals surface area contributed by atoms with Gasteiger partial charge in [-0.05, 0) is 43.2 Å². The molecule has 32 heavy (non-hydrogen) atoms. The first-order valence-electron chi connectivity index (χ1n) is 9.95. The number of amides is 2. The van der Waals surface area contributed by atoms with Gasteiger partial charge >= 0.3 is 0 Å². The van der Waals surface area contributed by atoms with E-state index in [1.807, 2.05) is 26.0 Å². The standard InChI is InChI=1S/C23H25F3N2O4/c1-4-6-15-7-10-18(19(12-15)31-3)32-14-21(30)28(11-5-2)13-20(29)27-17-9-8-16(24)22(25)23(17)26/h4,6-10,12H,5,11,13-14H2,1-3H3,(H,27,29)/b6-4+. The first-order chi connectivity index (χ1) is 15.3. The van der Waals surface area contributed by atoms with Gasteiger partial charge in [-0.15, -0.1) is 0 Å². The van der Waals surface area contributed by atoms with Crippen LogP contribution in [0.1, 0.15) is 25.8 Å². The van der Waals surface area contributed by atoms with Crippen molar-refractivity contribution < 1.29 is 32.2 Å². The van der Waals surface area contributed by atoms with Gasteiger partial charge in [0.25, 0.3) is 5.91 Å². The highest BCUT2D eigenvalue weighted by Gasteiger charge is 2.20. The Bertz CT molecular complexity index is 995. The van der Waals surface area contributed by atoms with E-state index in [0.717, 1.165) is 11.6 Å². The summed E-state index contributed by atoms with van der Waals surface area (Å²) in [5, 5.41) is 2.15. The Balaban J connectivity index is 2.03. The molecule has 0 saturated carbocycles. The van der Waals surface area contributed by atoms with Crippen LogP contribution in [0.2, 0.25) is 0 Å². The SMILES string of the molecule is C/C=C/c1ccc(OCC(=O)N(CCC)CC(=O)Nc2ccc(F)c(F)c2F)c(OC)c1. The summed E-state index contributed by atoms with van der Waals surface area (Å²) >= 11 is 0. The third-order valence-corrected chi connectivity index (χ3v) is 4.39. The van der Waals surface area contributed by atoms with Gasteiger partial charge in [0.05, 0.1) is 19.3 Å². The van der Waals surface area contributed by atoms with Gasteiger partial charge in [-0.25, -0.2) is 13.2 Å². The lowest BCUT2D eigenvalue weighted by atomic mass is 10.2. The number of rotatable bonds is 10. The highest BCUT2D eigenvalue weighted by Crippen LogP contribution is 2.28. The van der Waals surface area contributed by atoms with Gasteiger partial charge in [0.1, 0.15) is 0 Å². The van der Waals surface area contributed by atoms with E-state index in [-0.39, 0.29) is 13.2 Å². The molecule has 0 aliphatic heterocycles. The van der Waals surface area contributed by atoms with Crippen molar-refractivity contribution in [3.8, 4) is 11.5 Å². The van der Waals surface area contributed by atoms with Gasteiger partial charge in [0.2, 0.25) is 5.91 Å². The third kappa shape index (κ3) is 6.50. The molecule has 0 fully saturated rings. The highest BCUT2D eigenvalue weighted by molar-refractivity contribution is 5.94. The Kier molecular flexibility index (Phi) is 9.12. The number of anilines is 1. The fourth-order valence-corrected chi connectivity index (χ4v) is 2.88. The van der Waals surface area contributed by atoms with Gasteiger partial charge in [-0.2, -0.15) is 0 Å². The van der Waals surface area contributed by atoms with Crippen LogP contribution in [-0.4, -0.2) is 43.5 Å². The van der Waals surface area contributed by atoms with Crippen molar-refractivity contribution in [1.29, 1.82) is 0 Å². The van der Waals surface area contributed by atoms with Crippen molar-refractivity contribution in [2.75, 3.05) is 32.1 Å². The van der Waals surface area contributed by atoms with Crippen LogP contribution in [0.5, 0.6) is 11.5 Å². The summed E-state index contributed by atoms with van der Waals surface area (Å²) < 4.78 is 51.0. The summed E-state index contributed by atoms with van der Waals surface area (Å²) in [5.74, 6) is -5.00. The van der Waals surface area contributed by atoms with Gasteiger partial charge in [-0.3, -0.25) is 9.59 Å². The summed E-state index contributed by atoms with van der Waals surface area (Å²) in [5.41, 5.74) is 0.386. The van der Waals surface area contributed by atoms with E-state index >= 15 is 0 Å². The lowest BCUT2D eigenvalue weighted by Crippen LogP contribution is -2.41. The molecule has 0 radical (unpaired) electrons. The van der Waals surface area contributed by atoms with E-state index in [4.69, 9.17) is 9.47 Å². The van der Waals surface area contributed by atoms with Crippen molar-refractivity contribution in [2.45, 2.75) is 20.3 Å². The third-order valence-electron chi connectivity index (χ3n) is 4.39. The Morgan fingerprint density at radius 1 is 1.09 bits per heavy atom. The molecule has 0 bridgehead atoms. The van der Waals surface area contributed by atoms with Crippen molar-refractivity contribution in [2.24, 2.45) is 0 Å². The van der Waals surface area contributed by atoms with Crippen LogP contribution in [0.4, 0.5) is 18.9 Å². The minimum atomic E-state index is -1.69. The molecular formula is C23H25F3N2O4. The second-order valence-corrected chi connectivity index (χ2v) is 6.79. The van der Waals surface area contributed by atoms with Crippen LogP contribution in [0.3, 0.4) is 0 Å². The molecule has 0 spiro atoms. The zero-order chi connectivity index (χ0) is 23.7. The average molecular weight is 450 g/mol. The molecule has 2 rings (SSSR count). The number of ether oxygens (including phenoxy) is 2. The maximum atomic E-state index is 13.8. The van der Waals surface area contributed by atoms with Crippen molar-refractivity contribution >= 4 is 23.6 Å². The first kappa shape index (κ1) is 24.8. The molecule has 9 heteroatoms. The number of hydrogen-bond acceptors (Lipinski definition) is 4. The minimum absolute atomic E-state index is 0.243. The molecule has 2 aromatic rings. The molecule has 0 aliphatic carbocycles. The normalized spacial score (nSPS) is 10.8.